The van der Waals surface area contributed by atoms with E-state index in [1.54, 1.807) is 19.2 Å². The van der Waals surface area contributed by atoms with Gasteiger partial charge in [0.2, 0.25) is 0 Å². The third-order valence-corrected chi connectivity index (χ3v) is 7.16. The van der Waals surface area contributed by atoms with Gasteiger partial charge >= 0.3 is 5.97 Å². The van der Waals surface area contributed by atoms with Crippen molar-refractivity contribution in [3.05, 3.63) is 70.8 Å². The summed E-state index contributed by atoms with van der Waals surface area (Å²) in [5, 5.41) is 9.06. The minimum absolute atomic E-state index is 0.0157. The molecule has 2 aliphatic heterocycles. The van der Waals surface area contributed by atoms with Crippen molar-refractivity contribution >= 4 is 11.8 Å². The number of carbonyl (C=O) groups is 2. The van der Waals surface area contributed by atoms with Crippen LogP contribution in [0.2, 0.25) is 0 Å². The summed E-state index contributed by atoms with van der Waals surface area (Å²) in [6.45, 7) is 1.85. The quantitative estimate of drug-likeness (QED) is 0.566. The van der Waals surface area contributed by atoms with Crippen molar-refractivity contribution in [2.24, 2.45) is 5.92 Å². The molecule has 0 radical (unpaired) electrons. The van der Waals surface area contributed by atoms with Crippen LogP contribution in [0.1, 0.15) is 51.1 Å². The third kappa shape index (κ3) is 3.30. The largest absolute Gasteiger partial charge is 0.493 e. The Balaban J connectivity index is 1.41. The van der Waals surface area contributed by atoms with Crippen LogP contribution in [0.3, 0.4) is 0 Å². The summed E-state index contributed by atoms with van der Waals surface area (Å²) in [4.78, 5) is 26.3. The first-order valence-corrected chi connectivity index (χ1v) is 11.0. The predicted octanol–water partition coefficient (Wildman–Crippen LogP) is 4.08. The highest BCUT2D eigenvalue weighted by Crippen LogP contribution is 2.56. The van der Waals surface area contributed by atoms with Gasteiger partial charge in [0.25, 0.3) is 0 Å². The van der Waals surface area contributed by atoms with Gasteiger partial charge in [0.1, 0.15) is 6.10 Å². The Bertz CT molecular complexity index is 1110. The molecule has 3 atom stereocenters. The summed E-state index contributed by atoms with van der Waals surface area (Å²) in [5.74, 6) is 0.711. The molecular weight excluding hydrogens is 406 g/mol. The topological polar surface area (TPSA) is 76.1 Å². The van der Waals surface area contributed by atoms with E-state index in [2.05, 4.69) is 30.2 Å². The van der Waals surface area contributed by atoms with Gasteiger partial charge in [0.05, 0.1) is 18.1 Å². The fourth-order valence-corrected chi connectivity index (χ4v) is 5.46. The molecule has 3 unspecified atom stereocenters. The molecule has 0 saturated heterocycles. The Morgan fingerprint density at radius 2 is 1.94 bits per heavy atom. The van der Waals surface area contributed by atoms with Gasteiger partial charge in [-0.2, -0.15) is 0 Å². The van der Waals surface area contributed by atoms with E-state index in [4.69, 9.17) is 14.6 Å². The van der Waals surface area contributed by atoms with Crippen LogP contribution in [0.25, 0.3) is 0 Å². The number of hydrogen-bond acceptors (Lipinski definition) is 5. The first-order chi connectivity index (χ1) is 15.4. The third-order valence-electron chi connectivity index (χ3n) is 7.16. The highest BCUT2D eigenvalue weighted by atomic mass is 16.5. The number of hydrogen-bond donors (Lipinski definition) is 1. The number of ketones is 1. The molecule has 1 aliphatic carbocycles. The lowest BCUT2D eigenvalue weighted by molar-refractivity contribution is 0.0696. The molecule has 2 heterocycles. The fourth-order valence-electron chi connectivity index (χ4n) is 5.46. The van der Waals surface area contributed by atoms with E-state index in [1.165, 1.54) is 23.3 Å². The first kappa shape index (κ1) is 20.8. The number of aromatic carboxylic acids is 1. The lowest BCUT2D eigenvalue weighted by Gasteiger charge is -2.37. The molecule has 166 valence electrons. The van der Waals surface area contributed by atoms with E-state index in [0.717, 1.165) is 37.4 Å². The number of nitrogens with zero attached hydrogens (tertiary/aromatic N) is 1. The molecule has 0 saturated carbocycles. The van der Waals surface area contributed by atoms with Crippen molar-refractivity contribution in [3.63, 3.8) is 0 Å². The summed E-state index contributed by atoms with van der Waals surface area (Å²) in [6, 6.07) is 10.3. The summed E-state index contributed by atoms with van der Waals surface area (Å²) in [6.07, 6.45) is 6.54. The van der Waals surface area contributed by atoms with Crippen LogP contribution in [-0.4, -0.2) is 48.6 Å². The van der Waals surface area contributed by atoms with Crippen LogP contribution in [0.5, 0.6) is 11.5 Å². The van der Waals surface area contributed by atoms with Gasteiger partial charge in [-0.25, -0.2) is 4.79 Å². The number of Topliss-reactive ketones (excluding diaryl/α,β-unsaturated/α-hetero) is 1. The number of ether oxygens (including phenoxy) is 2. The molecule has 1 N–H and O–H groups in total. The van der Waals surface area contributed by atoms with Gasteiger partial charge in [0, 0.05) is 24.1 Å². The number of carboxylic acids is 1. The van der Waals surface area contributed by atoms with Crippen LogP contribution < -0.4 is 9.47 Å². The summed E-state index contributed by atoms with van der Waals surface area (Å²) < 4.78 is 12.1. The molecule has 32 heavy (non-hydrogen) atoms. The van der Waals surface area contributed by atoms with Crippen molar-refractivity contribution in [1.29, 1.82) is 0 Å². The molecule has 0 amide bonds. The van der Waals surface area contributed by atoms with Crippen LogP contribution in [0, 0.1) is 5.92 Å². The van der Waals surface area contributed by atoms with Gasteiger partial charge in [-0.15, -0.1) is 0 Å². The molecule has 2 aromatic rings. The Morgan fingerprint density at radius 1 is 1.19 bits per heavy atom. The average molecular weight is 434 g/mol. The Morgan fingerprint density at radius 3 is 2.66 bits per heavy atom. The summed E-state index contributed by atoms with van der Waals surface area (Å²) in [5.41, 5.74) is 3.06. The zero-order chi connectivity index (χ0) is 22.5. The fraction of sp³-hybridized carbons (Fsp3) is 0.385. The minimum atomic E-state index is -0.994. The normalized spacial score (nSPS) is 25.9. The van der Waals surface area contributed by atoms with Crippen molar-refractivity contribution in [2.75, 3.05) is 20.7 Å². The molecule has 0 aromatic heterocycles. The number of rotatable bonds is 5. The second kappa shape index (κ2) is 7.78. The van der Waals surface area contributed by atoms with Crippen LogP contribution in [0.4, 0.5) is 0 Å². The number of allylic oxidation sites excluding steroid dienone is 1. The smallest absolute Gasteiger partial charge is 0.335 e. The lowest BCUT2D eigenvalue weighted by Crippen LogP contribution is -2.42. The molecule has 5 rings (SSSR count). The Hall–Kier alpha value is -3.12. The molecule has 1 spiro atoms. The first-order valence-electron chi connectivity index (χ1n) is 11.0. The van der Waals surface area contributed by atoms with E-state index >= 15 is 0 Å². The van der Waals surface area contributed by atoms with Crippen molar-refractivity contribution in [2.45, 2.75) is 37.3 Å². The number of carboxylic acid groups (broad SMARTS) is 1. The second-order valence-corrected chi connectivity index (χ2v) is 9.13. The van der Waals surface area contributed by atoms with E-state index < -0.39 is 5.97 Å². The molecule has 0 bridgehead atoms. The standard InChI is InChI=1S/C26H27NO5/c1-27-12-11-26-10-9-16(13-20(28)17-3-5-18(6-4-17)25(29)30)14-22(26)32-24-21(31-2)8-7-19(15-27)23(24)26/h3-10,16,22H,11-15H2,1-2H3,(H,29,30). The van der Waals surface area contributed by atoms with Crippen LogP contribution in [0.15, 0.2) is 48.6 Å². The molecular formula is C26H27NO5. The molecule has 6 nitrogen and oxygen atoms in total. The lowest BCUT2D eigenvalue weighted by atomic mass is 9.67. The van der Waals surface area contributed by atoms with Crippen molar-refractivity contribution < 1.29 is 24.2 Å². The molecule has 0 fully saturated rings. The van der Waals surface area contributed by atoms with E-state index in [9.17, 15) is 9.59 Å². The Labute approximate surface area is 187 Å². The van der Waals surface area contributed by atoms with E-state index in [1.807, 2.05) is 6.07 Å². The highest BCUT2D eigenvalue weighted by molar-refractivity contribution is 5.97. The average Bonchev–Trinajstić information content (AvgIpc) is 3.05. The van der Waals surface area contributed by atoms with Gasteiger partial charge in [-0.1, -0.05) is 30.4 Å². The molecule has 2 aromatic carbocycles. The second-order valence-electron chi connectivity index (χ2n) is 9.13. The number of benzene rings is 2. The number of methoxy groups -OCH3 is 1. The zero-order valence-electron chi connectivity index (χ0n) is 18.3. The van der Waals surface area contributed by atoms with Gasteiger partial charge in [-0.3, -0.25) is 4.79 Å². The van der Waals surface area contributed by atoms with Crippen LogP contribution >= 0.6 is 0 Å². The minimum Gasteiger partial charge on any atom is -0.493 e. The maximum atomic E-state index is 12.9. The van der Waals surface area contributed by atoms with Crippen LogP contribution in [-0.2, 0) is 12.0 Å². The van der Waals surface area contributed by atoms with Gasteiger partial charge in [-0.05, 0) is 56.1 Å². The molecule has 3 aliphatic rings. The van der Waals surface area contributed by atoms with Gasteiger partial charge < -0.3 is 19.5 Å². The maximum Gasteiger partial charge on any atom is 0.335 e. The predicted molar refractivity (Wildman–Crippen MR) is 120 cm³/mol. The summed E-state index contributed by atoms with van der Waals surface area (Å²) in [7, 11) is 3.82. The van der Waals surface area contributed by atoms with E-state index in [-0.39, 0.29) is 28.8 Å². The van der Waals surface area contributed by atoms with Crippen molar-refractivity contribution in [3.8, 4) is 11.5 Å². The summed E-state index contributed by atoms with van der Waals surface area (Å²) >= 11 is 0. The zero-order valence-corrected chi connectivity index (χ0v) is 18.3. The molecule has 6 heteroatoms. The number of carbonyl (C=O) groups excluding carboxylic acids is 1. The Kier molecular flexibility index (Phi) is 5.05. The SMILES string of the molecule is COc1ccc2c3c1OC1CC(CC(=O)c4ccc(C(=O)O)cc4)C=CC31CCN(C)C2. The highest BCUT2D eigenvalue weighted by Gasteiger charge is 2.52. The van der Waals surface area contributed by atoms with Crippen molar-refractivity contribution in [1.82, 2.24) is 4.90 Å². The monoisotopic (exact) mass is 433 g/mol. The van der Waals surface area contributed by atoms with E-state index in [0.29, 0.717) is 12.0 Å². The maximum absolute atomic E-state index is 12.9. The van der Waals surface area contributed by atoms with Gasteiger partial charge in [0.15, 0.2) is 17.3 Å².